The Morgan fingerprint density at radius 3 is 2.85 bits per heavy atom. The molecule has 0 spiro atoms. The number of nitriles is 1. The predicted molar refractivity (Wildman–Crippen MR) is 54.2 cm³/mol. The number of nitrogens with zero attached hydrogens (tertiary/aromatic N) is 2. The van der Waals surface area contributed by atoms with E-state index in [9.17, 15) is 0 Å². The van der Waals surface area contributed by atoms with Gasteiger partial charge in [-0.1, -0.05) is 15.9 Å². The second kappa shape index (κ2) is 3.15. The monoisotopic (exact) mass is 232 g/mol. The molecular formula is C10H5BrN2. The summed E-state index contributed by atoms with van der Waals surface area (Å²) in [4.78, 5) is 4.15. The van der Waals surface area contributed by atoms with E-state index in [4.69, 9.17) is 5.26 Å². The molecule has 0 aliphatic carbocycles. The Morgan fingerprint density at radius 1 is 1.23 bits per heavy atom. The van der Waals surface area contributed by atoms with Crippen LogP contribution in [0.3, 0.4) is 0 Å². The molecule has 2 aromatic rings. The Labute approximate surface area is 84.0 Å². The molecule has 2 nitrogen and oxygen atoms in total. The van der Waals surface area contributed by atoms with Crippen molar-refractivity contribution in [3.05, 3.63) is 40.5 Å². The number of halogens is 1. The van der Waals surface area contributed by atoms with Crippen molar-refractivity contribution in [2.45, 2.75) is 0 Å². The molecule has 1 aromatic heterocycles. The van der Waals surface area contributed by atoms with E-state index >= 15 is 0 Å². The van der Waals surface area contributed by atoms with Crippen molar-refractivity contribution in [1.82, 2.24) is 4.98 Å². The largest absolute Gasteiger partial charge is 0.237 e. The maximum atomic E-state index is 8.63. The van der Waals surface area contributed by atoms with Gasteiger partial charge in [-0.15, -0.1) is 0 Å². The van der Waals surface area contributed by atoms with Gasteiger partial charge in [-0.05, 0) is 30.3 Å². The predicted octanol–water partition coefficient (Wildman–Crippen LogP) is 2.87. The Kier molecular flexibility index (Phi) is 1.99. The molecule has 2 rings (SSSR count). The number of hydrogen-bond acceptors (Lipinski definition) is 2. The molecule has 1 aromatic carbocycles. The summed E-state index contributed by atoms with van der Waals surface area (Å²) in [6, 6.07) is 11.4. The third kappa shape index (κ3) is 1.53. The Morgan fingerprint density at radius 2 is 2.08 bits per heavy atom. The zero-order chi connectivity index (χ0) is 9.26. The molecule has 0 N–H and O–H groups in total. The van der Waals surface area contributed by atoms with Crippen LogP contribution in [0, 0.1) is 11.3 Å². The number of rotatable bonds is 0. The number of pyridine rings is 1. The van der Waals surface area contributed by atoms with Gasteiger partial charge in [-0.25, -0.2) is 4.98 Å². The quantitative estimate of drug-likeness (QED) is 0.701. The van der Waals surface area contributed by atoms with E-state index in [1.165, 1.54) is 0 Å². The van der Waals surface area contributed by atoms with Gasteiger partial charge < -0.3 is 0 Å². The topological polar surface area (TPSA) is 36.7 Å². The lowest BCUT2D eigenvalue weighted by molar-refractivity contribution is 1.32. The van der Waals surface area contributed by atoms with Gasteiger partial charge in [-0.3, -0.25) is 0 Å². The van der Waals surface area contributed by atoms with Gasteiger partial charge in [-0.2, -0.15) is 5.26 Å². The van der Waals surface area contributed by atoms with Crippen molar-refractivity contribution in [2.75, 3.05) is 0 Å². The Hall–Kier alpha value is -1.40. The fourth-order valence-electron chi connectivity index (χ4n) is 1.16. The first-order valence-corrected chi connectivity index (χ1v) is 4.55. The van der Waals surface area contributed by atoms with E-state index in [1.807, 2.05) is 30.3 Å². The van der Waals surface area contributed by atoms with Gasteiger partial charge in [0, 0.05) is 9.86 Å². The van der Waals surface area contributed by atoms with Crippen LogP contribution in [0.25, 0.3) is 10.9 Å². The van der Waals surface area contributed by atoms with Crippen LogP contribution in [0.4, 0.5) is 0 Å². The summed E-state index contributed by atoms with van der Waals surface area (Å²) in [6.07, 6.45) is 0. The number of fused-ring (bicyclic) bond motifs is 1. The van der Waals surface area contributed by atoms with Crippen LogP contribution in [0.15, 0.2) is 34.8 Å². The van der Waals surface area contributed by atoms with E-state index in [1.54, 1.807) is 6.07 Å². The summed E-state index contributed by atoms with van der Waals surface area (Å²) in [5.41, 5.74) is 1.30. The first kappa shape index (κ1) is 8.21. The lowest BCUT2D eigenvalue weighted by atomic mass is 10.2. The van der Waals surface area contributed by atoms with Crippen LogP contribution in [0.1, 0.15) is 5.69 Å². The van der Waals surface area contributed by atoms with E-state index in [0.29, 0.717) is 5.69 Å². The standard InChI is InChI=1S/C10H5BrN2/c11-8-2-4-10-7(5-8)1-3-9(6-12)13-10/h1-5H. The minimum absolute atomic E-state index is 0.454. The van der Waals surface area contributed by atoms with Gasteiger partial charge in [0.2, 0.25) is 0 Å². The summed E-state index contributed by atoms with van der Waals surface area (Å²) in [7, 11) is 0. The summed E-state index contributed by atoms with van der Waals surface area (Å²) >= 11 is 3.38. The van der Waals surface area contributed by atoms with Gasteiger partial charge in [0.05, 0.1) is 5.52 Å². The van der Waals surface area contributed by atoms with Crippen LogP contribution in [0.2, 0.25) is 0 Å². The minimum Gasteiger partial charge on any atom is -0.237 e. The highest BCUT2D eigenvalue weighted by Gasteiger charge is 1.97. The van der Waals surface area contributed by atoms with Crippen molar-refractivity contribution in [2.24, 2.45) is 0 Å². The highest BCUT2D eigenvalue weighted by atomic mass is 79.9. The Bertz CT molecular complexity index is 500. The van der Waals surface area contributed by atoms with Gasteiger partial charge in [0.1, 0.15) is 11.8 Å². The highest BCUT2D eigenvalue weighted by molar-refractivity contribution is 9.10. The maximum Gasteiger partial charge on any atom is 0.141 e. The number of benzene rings is 1. The third-order valence-electron chi connectivity index (χ3n) is 1.77. The smallest absolute Gasteiger partial charge is 0.141 e. The first-order chi connectivity index (χ1) is 6.29. The summed E-state index contributed by atoms with van der Waals surface area (Å²) < 4.78 is 1.02. The lowest BCUT2D eigenvalue weighted by Gasteiger charge is -1.97. The normalized spacial score (nSPS) is 9.85. The van der Waals surface area contributed by atoms with E-state index in [-0.39, 0.29) is 0 Å². The van der Waals surface area contributed by atoms with Crippen molar-refractivity contribution in [3.8, 4) is 6.07 Å². The molecule has 0 bridgehead atoms. The molecule has 0 amide bonds. The third-order valence-corrected chi connectivity index (χ3v) is 2.26. The van der Waals surface area contributed by atoms with Crippen LogP contribution in [-0.4, -0.2) is 4.98 Å². The second-order valence-corrected chi connectivity index (χ2v) is 3.56. The average molecular weight is 233 g/mol. The molecule has 0 unspecified atom stereocenters. The zero-order valence-electron chi connectivity index (χ0n) is 6.66. The zero-order valence-corrected chi connectivity index (χ0v) is 8.25. The van der Waals surface area contributed by atoms with E-state index in [2.05, 4.69) is 20.9 Å². The van der Waals surface area contributed by atoms with Crippen LogP contribution in [0.5, 0.6) is 0 Å². The van der Waals surface area contributed by atoms with Crippen molar-refractivity contribution in [1.29, 1.82) is 5.26 Å². The Balaban J connectivity index is 2.75. The summed E-state index contributed by atoms with van der Waals surface area (Å²) in [5.74, 6) is 0. The van der Waals surface area contributed by atoms with E-state index < -0.39 is 0 Å². The second-order valence-electron chi connectivity index (χ2n) is 2.65. The van der Waals surface area contributed by atoms with Gasteiger partial charge >= 0.3 is 0 Å². The average Bonchev–Trinajstić information content (AvgIpc) is 2.17. The lowest BCUT2D eigenvalue weighted by Crippen LogP contribution is -1.83. The molecule has 13 heavy (non-hydrogen) atoms. The van der Waals surface area contributed by atoms with Gasteiger partial charge in [0.15, 0.2) is 0 Å². The molecule has 0 atom stereocenters. The fourth-order valence-corrected chi connectivity index (χ4v) is 1.54. The molecule has 0 aliphatic heterocycles. The van der Waals surface area contributed by atoms with Crippen molar-refractivity contribution >= 4 is 26.8 Å². The van der Waals surface area contributed by atoms with Crippen LogP contribution >= 0.6 is 15.9 Å². The minimum atomic E-state index is 0.454. The number of hydrogen-bond donors (Lipinski definition) is 0. The van der Waals surface area contributed by atoms with Crippen LogP contribution < -0.4 is 0 Å². The molecule has 0 radical (unpaired) electrons. The van der Waals surface area contributed by atoms with Crippen molar-refractivity contribution in [3.63, 3.8) is 0 Å². The molecule has 0 aliphatic rings. The molecular weight excluding hydrogens is 228 g/mol. The highest BCUT2D eigenvalue weighted by Crippen LogP contribution is 2.18. The number of aromatic nitrogens is 1. The van der Waals surface area contributed by atoms with E-state index in [0.717, 1.165) is 15.4 Å². The molecule has 62 valence electrons. The molecule has 3 heteroatoms. The summed E-state index contributed by atoms with van der Waals surface area (Å²) in [6.45, 7) is 0. The van der Waals surface area contributed by atoms with Crippen LogP contribution in [-0.2, 0) is 0 Å². The van der Waals surface area contributed by atoms with Crippen molar-refractivity contribution < 1.29 is 0 Å². The molecule has 0 saturated carbocycles. The molecule has 0 fully saturated rings. The molecule has 0 saturated heterocycles. The van der Waals surface area contributed by atoms with Gasteiger partial charge in [0.25, 0.3) is 0 Å². The first-order valence-electron chi connectivity index (χ1n) is 3.76. The fraction of sp³-hybridized carbons (Fsp3) is 0. The summed E-state index contributed by atoms with van der Waals surface area (Å²) in [5, 5.41) is 9.67. The molecule has 1 heterocycles. The SMILES string of the molecule is N#Cc1ccc2cc(Br)ccc2n1. The maximum absolute atomic E-state index is 8.63.